The van der Waals surface area contributed by atoms with E-state index in [1.165, 1.54) is 5.69 Å². The number of pyridine rings is 1. The Morgan fingerprint density at radius 3 is 2.88 bits per heavy atom. The van der Waals surface area contributed by atoms with Gasteiger partial charge in [0.2, 0.25) is 5.88 Å². The summed E-state index contributed by atoms with van der Waals surface area (Å²) >= 11 is 0. The normalized spacial score (nSPS) is 15.4. The molecule has 0 aromatic carbocycles. The number of nitrogens with zero attached hydrogens (tertiary/aromatic N) is 6. The molecule has 0 atom stereocenters. The van der Waals surface area contributed by atoms with Gasteiger partial charge in [-0.1, -0.05) is 0 Å². The Hall–Kier alpha value is -2.90. The number of anilines is 2. The Balaban J connectivity index is 1.42. The molecule has 0 radical (unpaired) electrons. The summed E-state index contributed by atoms with van der Waals surface area (Å²) in [6.07, 6.45) is 7.38. The zero-order valence-electron chi connectivity index (χ0n) is 15.1. The minimum atomic E-state index is 0.391. The van der Waals surface area contributed by atoms with Crippen LogP contribution in [-0.4, -0.2) is 50.5 Å². The first-order valence-corrected chi connectivity index (χ1v) is 8.97. The van der Waals surface area contributed by atoms with Gasteiger partial charge in [0, 0.05) is 38.4 Å². The molecule has 0 aliphatic carbocycles. The van der Waals surface area contributed by atoms with Crippen LogP contribution in [-0.2, 0) is 7.05 Å². The highest BCUT2D eigenvalue weighted by molar-refractivity contribution is 5.89. The standard InChI is InChI=1S/C18H23N7O/c1-3-26-17-10-16(20-12-21-17)23-13-5-8-25(9-6-13)15-4-7-19-18-14(15)11-22-24(18)2/h4,7,10-13H,3,5-6,8-9H2,1-2H3,(H,20,21,23). The molecule has 3 aromatic heterocycles. The molecule has 1 fully saturated rings. The highest BCUT2D eigenvalue weighted by atomic mass is 16.5. The SMILES string of the molecule is CCOc1cc(NC2CCN(c3ccnc4c3cnn4C)CC2)ncn1. The predicted molar refractivity (Wildman–Crippen MR) is 101 cm³/mol. The first-order chi connectivity index (χ1) is 12.7. The minimum absolute atomic E-state index is 0.391. The van der Waals surface area contributed by atoms with Gasteiger partial charge in [-0.05, 0) is 25.8 Å². The average molecular weight is 353 g/mol. The lowest BCUT2D eigenvalue weighted by Crippen LogP contribution is -2.39. The van der Waals surface area contributed by atoms with Crippen LogP contribution >= 0.6 is 0 Å². The van der Waals surface area contributed by atoms with Crippen LogP contribution in [0.25, 0.3) is 11.0 Å². The lowest BCUT2D eigenvalue weighted by molar-refractivity contribution is 0.326. The molecule has 0 saturated carbocycles. The predicted octanol–water partition coefficient (Wildman–Crippen LogP) is 2.24. The number of ether oxygens (including phenoxy) is 1. The molecule has 0 amide bonds. The first-order valence-electron chi connectivity index (χ1n) is 8.97. The number of hydrogen-bond donors (Lipinski definition) is 1. The third-order valence-corrected chi connectivity index (χ3v) is 4.73. The fraction of sp³-hybridized carbons (Fsp3) is 0.444. The Bertz CT molecular complexity index is 886. The molecule has 4 heterocycles. The van der Waals surface area contributed by atoms with Gasteiger partial charge < -0.3 is 15.0 Å². The number of hydrogen-bond acceptors (Lipinski definition) is 7. The van der Waals surface area contributed by atoms with Gasteiger partial charge in [0.05, 0.1) is 23.9 Å². The van der Waals surface area contributed by atoms with E-state index in [2.05, 4.69) is 36.3 Å². The third-order valence-electron chi connectivity index (χ3n) is 4.73. The van der Waals surface area contributed by atoms with Crippen LogP contribution in [0.3, 0.4) is 0 Å². The second kappa shape index (κ2) is 7.15. The van der Waals surface area contributed by atoms with Crippen LogP contribution in [0.1, 0.15) is 19.8 Å². The van der Waals surface area contributed by atoms with E-state index < -0.39 is 0 Å². The molecule has 4 rings (SSSR count). The van der Waals surface area contributed by atoms with Gasteiger partial charge in [-0.3, -0.25) is 4.68 Å². The summed E-state index contributed by atoms with van der Waals surface area (Å²) < 4.78 is 7.26. The average Bonchev–Trinajstić information content (AvgIpc) is 3.04. The maximum absolute atomic E-state index is 5.44. The summed E-state index contributed by atoms with van der Waals surface area (Å²) in [5, 5.41) is 8.95. The Kier molecular flexibility index (Phi) is 4.55. The second-order valence-electron chi connectivity index (χ2n) is 6.42. The van der Waals surface area contributed by atoms with Crippen LogP contribution in [0.15, 0.2) is 30.9 Å². The topological polar surface area (TPSA) is 81.0 Å². The Morgan fingerprint density at radius 2 is 2.08 bits per heavy atom. The molecule has 1 aliphatic heterocycles. The number of piperidine rings is 1. The summed E-state index contributed by atoms with van der Waals surface area (Å²) in [5.41, 5.74) is 2.13. The zero-order valence-corrected chi connectivity index (χ0v) is 15.1. The molecule has 3 aromatic rings. The smallest absolute Gasteiger partial charge is 0.218 e. The van der Waals surface area contributed by atoms with Crippen molar-refractivity contribution in [2.75, 3.05) is 29.9 Å². The van der Waals surface area contributed by atoms with Gasteiger partial charge in [-0.2, -0.15) is 5.10 Å². The molecule has 1 N–H and O–H groups in total. The van der Waals surface area contributed by atoms with E-state index in [-0.39, 0.29) is 0 Å². The van der Waals surface area contributed by atoms with Gasteiger partial charge >= 0.3 is 0 Å². The van der Waals surface area contributed by atoms with Crippen molar-refractivity contribution in [2.45, 2.75) is 25.8 Å². The van der Waals surface area contributed by atoms with E-state index in [0.29, 0.717) is 18.5 Å². The molecule has 26 heavy (non-hydrogen) atoms. The molecule has 8 heteroatoms. The molecule has 8 nitrogen and oxygen atoms in total. The lowest BCUT2D eigenvalue weighted by Gasteiger charge is -2.34. The molecule has 0 bridgehead atoms. The molecule has 1 saturated heterocycles. The van der Waals surface area contributed by atoms with Crippen molar-refractivity contribution >= 4 is 22.5 Å². The van der Waals surface area contributed by atoms with E-state index in [1.54, 1.807) is 6.33 Å². The van der Waals surface area contributed by atoms with Crippen molar-refractivity contribution in [3.8, 4) is 5.88 Å². The molecule has 0 unspecified atom stereocenters. The van der Waals surface area contributed by atoms with Crippen molar-refractivity contribution in [3.63, 3.8) is 0 Å². The zero-order chi connectivity index (χ0) is 17.9. The molecular weight excluding hydrogens is 330 g/mol. The fourth-order valence-electron chi connectivity index (χ4n) is 3.43. The highest BCUT2D eigenvalue weighted by Gasteiger charge is 2.22. The Labute approximate surface area is 152 Å². The highest BCUT2D eigenvalue weighted by Crippen LogP contribution is 2.28. The van der Waals surface area contributed by atoms with E-state index in [1.807, 2.05) is 37.1 Å². The van der Waals surface area contributed by atoms with E-state index in [4.69, 9.17) is 4.74 Å². The summed E-state index contributed by atoms with van der Waals surface area (Å²) in [5.74, 6) is 1.43. The fourth-order valence-corrected chi connectivity index (χ4v) is 3.43. The number of rotatable bonds is 5. The number of nitrogens with one attached hydrogen (secondary N) is 1. The molecule has 0 spiro atoms. The van der Waals surface area contributed by atoms with E-state index in [0.717, 1.165) is 42.8 Å². The third kappa shape index (κ3) is 3.26. The number of fused-ring (bicyclic) bond motifs is 1. The molecule has 136 valence electrons. The van der Waals surface area contributed by atoms with Crippen molar-refractivity contribution in [2.24, 2.45) is 7.05 Å². The summed E-state index contributed by atoms with van der Waals surface area (Å²) in [4.78, 5) is 15.2. The van der Waals surface area contributed by atoms with E-state index in [9.17, 15) is 0 Å². The van der Waals surface area contributed by atoms with Crippen LogP contribution in [0.4, 0.5) is 11.5 Å². The van der Waals surface area contributed by atoms with Gasteiger partial charge in [-0.25, -0.2) is 15.0 Å². The van der Waals surface area contributed by atoms with E-state index >= 15 is 0 Å². The van der Waals surface area contributed by atoms with Crippen molar-refractivity contribution < 1.29 is 4.74 Å². The Morgan fingerprint density at radius 1 is 1.23 bits per heavy atom. The quantitative estimate of drug-likeness (QED) is 0.753. The van der Waals surface area contributed by atoms with Gasteiger partial charge in [0.1, 0.15) is 12.1 Å². The maximum Gasteiger partial charge on any atom is 0.218 e. The van der Waals surface area contributed by atoms with Crippen LogP contribution in [0.2, 0.25) is 0 Å². The van der Waals surface area contributed by atoms with Gasteiger partial charge in [-0.15, -0.1) is 0 Å². The number of aromatic nitrogens is 5. The monoisotopic (exact) mass is 353 g/mol. The largest absolute Gasteiger partial charge is 0.478 e. The second-order valence-corrected chi connectivity index (χ2v) is 6.42. The maximum atomic E-state index is 5.44. The van der Waals surface area contributed by atoms with Crippen LogP contribution in [0, 0.1) is 0 Å². The van der Waals surface area contributed by atoms with Gasteiger partial charge in [0.25, 0.3) is 0 Å². The molecule has 1 aliphatic rings. The van der Waals surface area contributed by atoms with Crippen molar-refractivity contribution in [1.82, 2.24) is 24.7 Å². The van der Waals surface area contributed by atoms with Gasteiger partial charge in [0.15, 0.2) is 5.65 Å². The summed E-state index contributed by atoms with van der Waals surface area (Å²) in [7, 11) is 1.92. The summed E-state index contributed by atoms with van der Waals surface area (Å²) in [6.45, 7) is 4.51. The van der Waals surface area contributed by atoms with Crippen LogP contribution < -0.4 is 15.0 Å². The first kappa shape index (κ1) is 16.6. The summed E-state index contributed by atoms with van der Waals surface area (Å²) in [6, 6.07) is 4.33. The number of aryl methyl sites for hydroxylation is 1. The van der Waals surface area contributed by atoms with Crippen molar-refractivity contribution in [1.29, 1.82) is 0 Å². The minimum Gasteiger partial charge on any atom is -0.478 e. The van der Waals surface area contributed by atoms with Crippen molar-refractivity contribution in [3.05, 3.63) is 30.9 Å². The van der Waals surface area contributed by atoms with Crippen LogP contribution in [0.5, 0.6) is 5.88 Å². The lowest BCUT2D eigenvalue weighted by atomic mass is 10.0. The molecular formula is C18H23N7O.